The Bertz CT molecular complexity index is 268. The van der Waals surface area contributed by atoms with E-state index in [1.54, 1.807) is 12.1 Å². The molecule has 58 valence electrons. The summed E-state index contributed by atoms with van der Waals surface area (Å²) in [5.41, 5.74) is 1.12. The van der Waals surface area contributed by atoms with Crippen LogP contribution in [-0.4, -0.2) is 6.29 Å². The number of aryl methyl sites for hydroxylation is 1. The lowest BCUT2D eigenvalue weighted by molar-refractivity contribution is 0.111. The van der Waals surface area contributed by atoms with E-state index in [9.17, 15) is 9.18 Å². The van der Waals surface area contributed by atoms with Gasteiger partial charge in [0.05, 0.1) is 5.56 Å². The maximum Gasteiger partial charge on any atom is 0.153 e. The first-order chi connectivity index (χ1) is 5.27. The van der Waals surface area contributed by atoms with Crippen LogP contribution in [-0.2, 0) is 6.42 Å². The van der Waals surface area contributed by atoms with E-state index in [1.165, 1.54) is 6.07 Å². The molecular formula is C9H9FO. The second-order valence-corrected chi connectivity index (χ2v) is 2.33. The standard InChI is InChI=1S/C9H9FO/c1-2-7-3-4-9(10)8(5-7)6-11/h3-6H,2H2,1H3. The van der Waals surface area contributed by atoms with Crippen molar-refractivity contribution in [3.63, 3.8) is 0 Å². The van der Waals surface area contributed by atoms with Crippen LogP contribution in [0.5, 0.6) is 0 Å². The van der Waals surface area contributed by atoms with Crippen LogP contribution in [0.4, 0.5) is 4.39 Å². The van der Waals surface area contributed by atoms with Gasteiger partial charge in [-0.1, -0.05) is 13.0 Å². The monoisotopic (exact) mass is 152 g/mol. The van der Waals surface area contributed by atoms with Gasteiger partial charge >= 0.3 is 0 Å². The van der Waals surface area contributed by atoms with Gasteiger partial charge in [-0.2, -0.15) is 0 Å². The molecule has 0 fully saturated rings. The first-order valence-corrected chi connectivity index (χ1v) is 3.51. The second kappa shape index (κ2) is 3.28. The van der Waals surface area contributed by atoms with Crippen LogP contribution < -0.4 is 0 Å². The molecule has 0 aliphatic rings. The quantitative estimate of drug-likeness (QED) is 0.594. The highest BCUT2D eigenvalue weighted by Crippen LogP contribution is 2.08. The minimum Gasteiger partial charge on any atom is -0.298 e. The Hall–Kier alpha value is -1.18. The van der Waals surface area contributed by atoms with Gasteiger partial charge in [0.1, 0.15) is 5.82 Å². The highest BCUT2D eigenvalue weighted by atomic mass is 19.1. The van der Waals surface area contributed by atoms with Crippen molar-refractivity contribution in [3.8, 4) is 0 Å². The van der Waals surface area contributed by atoms with Crippen molar-refractivity contribution in [2.24, 2.45) is 0 Å². The van der Waals surface area contributed by atoms with Crippen LogP contribution in [0.25, 0.3) is 0 Å². The van der Waals surface area contributed by atoms with Crippen LogP contribution >= 0.6 is 0 Å². The predicted octanol–water partition coefficient (Wildman–Crippen LogP) is 2.20. The molecule has 0 saturated carbocycles. The Labute approximate surface area is 64.9 Å². The molecule has 11 heavy (non-hydrogen) atoms. The third kappa shape index (κ3) is 1.64. The minimum atomic E-state index is -0.447. The number of aldehydes is 1. The summed E-state index contributed by atoms with van der Waals surface area (Å²) in [6.07, 6.45) is 1.36. The van der Waals surface area contributed by atoms with E-state index in [-0.39, 0.29) is 5.56 Å². The van der Waals surface area contributed by atoms with Crippen LogP contribution in [0, 0.1) is 5.82 Å². The highest BCUT2D eigenvalue weighted by molar-refractivity contribution is 5.75. The summed E-state index contributed by atoms with van der Waals surface area (Å²) in [6.45, 7) is 1.96. The molecule has 1 aromatic rings. The summed E-state index contributed by atoms with van der Waals surface area (Å²) in [7, 11) is 0. The van der Waals surface area contributed by atoms with Gasteiger partial charge in [0.15, 0.2) is 6.29 Å². The van der Waals surface area contributed by atoms with Gasteiger partial charge in [0.2, 0.25) is 0 Å². The molecule has 0 aliphatic carbocycles. The Morgan fingerprint density at radius 2 is 2.27 bits per heavy atom. The van der Waals surface area contributed by atoms with Crippen LogP contribution in [0.15, 0.2) is 18.2 Å². The summed E-state index contributed by atoms with van der Waals surface area (Å²) in [5.74, 6) is -0.447. The number of halogens is 1. The summed E-state index contributed by atoms with van der Waals surface area (Å²) in [4.78, 5) is 10.3. The Balaban J connectivity index is 3.12. The lowest BCUT2D eigenvalue weighted by Crippen LogP contribution is -1.89. The first kappa shape index (κ1) is 7.92. The van der Waals surface area contributed by atoms with E-state index in [1.807, 2.05) is 6.92 Å². The highest BCUT2D eigenvalue weighted by Gasteiger charge is 1.99. The van der Waals surface area contributed by atoms with Crippen LogP contribution in [0.2, 0.25) is 0 Å². The smallest absolute Gasteiger partial charge is 0.153 e. The first-order valence-electron chi connectivity index (χ1n) is 3.51. The molecule has 0 heterocycles. The van der Waals surface area contributed by atoms with Gasteiger partial charge in [0.25, 0.3) is 0 Å². The Morgan fingerprint density at radius 1 is 1.55 bits per heavy atom. The molecule has 0 N–H and O–H groups in total. The summed E-state index contributed by atoms with van der Waals surface area (Å²) >= 11 is 0. The number of carbonyl (C=O) groups is 1. The summed E-state index contributed by atoms with van der Waals surface area (Å²) in [6, 6.07) is 4.58. The Kier molecular flexibility index (Phi) is 2.36. The van der Waals surface area contributed by atoms with Gasteiger partial charge in [-0.05, 0) is 24.1 Å². The average molecular weight is 152 g/mol. The van der Waals surface area contributed by atoms with E-state index in [4.69, 9.17) is 0 Å². The third-order valence-electron chi connectivity index (χ3n) is 1.60. The topological polar surface area (TPSA) is 17.1 Å². The molecule has 0 aliphatic heterocycles. The maximum absolute atomic E-state index is 12.7. The fourth-order valence-electron chi connectivity index (χ4n) is 0.903. The maximum atomic E-state index is 12.7. The molecule has 1 aromatic carbocycles. The number of carbonyl (C=O) groups excluding carboxylic acids is 1. The fourth-order valence-corrected chi connectivity index (χ4v) is 0.903. The van der Waals surface area contributed by atoms with Crippen molar-refractivity contribution in [1.29, 1.82) is 0 Å². The molecule has 0 bridgehead atoms. The number of rotatable bonds is 2. The fraction of sp³-hybridized carbons (Fsp3) is 0.222. The molecule has 2 heteroatoms. The zero-order valence-corrected chi connectivity index (χ0v) is 6.30. The van der Waals surface area contributed by atoms with E-state index in [2.05, 4.69) is 0 Å². The number of hydrogen-bond donors (Lipinski definition) is 0. The molecule has 0 unspecified atom stereocenters. The third-order valence-corrected chi connectivity index (χ3v) is 1.60. The van der Waals surface area contributed by atoms with E-state index in [0.29, 0.717) is 6.29 Å². The second-order valence-electron chi connectivity index (χ2n) is 2.33. The van der Waals surface area contributed by atoms with E-state index in [0.717, 1.165) is 12.0 Å². The van der Waals surface area contributed by atoms with Gasteiger partial charge in [0, 0.05) is 0 Å². The zero-order valence-electron chi connectivity index (χ0n) is 6.30. The molecule has 1 nitrogen and oxygen atoms in total. The van der Waals surface area contributed by atoms with Gasteiger partial charge in [-0.25, -0.2) is 4.39 Å². The largest absolute Gasteiger partial charge is 0.298 e. The normalized spacial score (nSPS) is 9.64. The number of hydrogen-bond acceptors (Lipinski definition) is 1. The van der Waals surface area contributed by atoms with Crippen molar-refractivity contribution < 1.29 is 9.18 Å². The molecule has 0 atom stereocenters. The van der Waals surface area contributed by atoms with Crippen molar-refractivity contribution in [2.75, 3.05) is 0 Å². The van der Waals surface area contributed by atoms with Crippen LogP contribution in [0.3, 0.4) is 0 Å². The van der Waals surface area contributed by atoms with Gasteiger partial charge in [-0.15, -0.1) is 0 Å². The summed E-state index contributed by atoms with van der Waals surface area (Å²) in [5, 5.41) is 0. The van der Waals surface area contributed by atoms with Gasteiger partial charge < -0.3 is 0 Å². The zero-order chi connectivity index (χ0) is 8.27. The summed E-state index contributed by atoms with van der Waals surface area (Å²) < 4.78 is 12.7. The average Bonchev–Trinajstić information content (AvgIpc) is 2.05. The molecule has 0 spiro atoms. The Morgan fingerprint density at radius 3 is 2.82 bits per heavy atom. The molecule has 0 amide bonds. The lowest BCUT2D eigenvalue weighted by atomic mass is 10.1. The van der Waals surface area contributed by atoms with E-state index >= 15 is 0 Å². The SMILES string of the molecule is CCc1ccc(F)c(C=O)c1. The number of benzene rings is 1. The van der Waals surface area contributed by atoms with Crippen molar-refractivity contribution in [1.82, 2.24) is 0 Å². The van der Waals surface area contributed by atoms with Crippen molar-refractivity contribution in [2.45, 2.75) is 13.3 Å². The minimum absolute atomic E-state index is 0.143. The molecule has 1 rings (SSSR count). The van der Waals surface area contributed by atoms with Gasteiger partial charge in [-0.3, -0.25) is 4.79 Å². The molecular weight excluding hydrogens is 143 g/mol. The molecule has 0 aromatic heterocycles. The molecule has 0 radical (unpaired) electrons. The van der Waals surface area contributed by atoms with Crippen LogP contribution in [0.1, 0.15) is 22.8 Å². The molecule has 0 saturated heterocycles. The van der Waals surface area contributed by atoms with Crippen molar-refractivity contribution >= 4 is 6.29 Å². The lowest BCUT2D eigenvalue weighted by Gasteiger charge is -1.97. The van der Waals surface area contributed by atoms with E-state index < -0.39 is 5.82 Å². The van der Waals surface area contributed by atoms with Crippen molar-refractivity contribution in [3.05, 3.63) is 35.1 Å². The predicted molar refractivity (Wildman–Crippen MR) is 41.2 cm³/mol.